The Balaban J connectivity index is 1.79. The number of nitrogens with zero attached hydrogens (tertiary/aromatic N) is 1. The Morgan fingerprint density at radius 2 is 1.91 bits per heavy atom. The number of rotatable bonds is 5. The van der Waals surface area contributed by atoms with Crippen molar-refractivity contribution in [3.8, 4) is 0 Å². The second kappa shape index (κ2) is 7.99. The zero-order valence-corrected chi connectivity index (χ0v) is 14.2. The molecule has 0 unspecified atom stereocenters. The second-order valence-electron chi connectivity index (χ2n) is 6.06. The first-order chi connectivity index (χ1) is 11.0. The average molecular weight is 318 g/mol. The Kier molecular flexibility index (Phi) is 6.02. The summed E-state index contributed by atoms with van der Waals surface area (Å²) in [5, 5.41) is 3.18. The van der Waals surface area contributed by atoms with Gasteiger partial charge >= 0.3 is 5.97 Å². The highest BCUT2D eigenvalue weighted by Gasteiger charge is 2.27. The molecular formula is C18H26N2O3. The number of likely N-dealkylation sites (tertiary alicyclic amines) is 1. The van der Waals surface area contributed by atoms with E-state index in [9.17, 15) is 9.59 Å². The zero-order chi connectivity index (χ0) is 16.8. The lowest BCUT2D eigenvalue weighted by atomic mass is 9.97. The molecule has 0 aromatic heterocycles. The van der Waals surface area contributed by atoms with Crippen molar-refractivity contribution < 1.29 is 14.3 Å². The topological polar surface area (TPSA) is 58.6 Å². The SMILES string of the molecule is CCOC(=O)C1CCN(C(=O)CNc2ccc(C)c(C)c2)CC1. The molecule has 23 heavy (non-hydrogen) atoms. The molecule has 0 spiro atoms. The van der Waals surface area contributed by atoms with E-state index in [1.165, 1.54) is 11.1 Å². The van der Waals surface area contributed by atoms with E-state index in [-0.39, 0.29) is 24.3 Å². The number of aryl methyl sites for hydroxylation is 2. The molecule has 0 atom stereocenters. The molecule has 1 amide bonds. The number of amides is 1. The summed E-state index contributed by atoms with van der Waals surface area (Å²) in [5.74, 6) is -0.120. The number of benzene rings is 1. The molecule has 0 bridgehead atoms. The van der Waals surface area contributed by atoms with Crippen molar-refractivity contribution in [3.05, 3.63) is 29.3 Å². The predicted molar refractivity (Wildman–Crippen MR) is 90.3 cm³/mol. The van der Waals surface area contributed by atoms with E-state index >= 15 is 0 Å². The Morgan fingerprint density at radius 1 is 1.22 bits per heavy atom. The fraction of sp³-hybridized carbons (Fsp3) is 0.556. The number of piperidine rings is 1. The van der Waals surface area contributed by atoms with Crippen molar-refractivity contribution >= 4 is 17.6 Å². The highest BCUT2D eigenvalue weighted by Crippen LogP contribution is 2.19. The third-order valence-corrected chi connectivity index (χ3v) is 4.42. The molecule has 1 aliphatic rings. The monoisotopic (exact) mass is 318 g/mol. The van der Waals surface area contributed by atoms with Gasteiger partial charge in [0.05, 0.1) is 19.1 Å². The quantitative estimate of drug-likeness (QED) is 0.848. The summed E-state index contributed by atoms with van der Waals surface area (Å²) in [6.07, 6.45) is 1.38. The first kappa shape index (κ1) is 17.3. The summed E-state index contributed by atoms with van der Waals surface area (Å²) in [7, 11) is 0. The first-order valence-corrected chi connectivity index (χ1v) is 8.26. The van der Waals surface area contributed by atoms with Crippen molar-refractivity contribution in [3.63, 3.8) is 0 Å². The van der Waals surface area contributed by atoms with E-state index in [0.29, 0.717) is 32.5 Å². The van der Waals surface area contributed by atoms with Crippen molar-refractivity contribution in [1.82, 2.24) is 4.90 Å². The molecule has 0 aliphatic carbocycles. The van der Waals surface area contributed by atoms with Gasteiger partial charge in [-0.15, -0.1) is 0 Å². The molecule has 1 aliphatic heterocycles. The summed E-state index contributed by atoms with van der Waals surface area (Å²) < 4.78 is 5.05. The van der Waals surface area contributed by atoms with Crippen LogP contribution in [-0.2, 0) is 14.3 Å². The van der Waals surface area contributed by atoms with Gasteiger partial charge in [0.25, 0.3) is 0 Å². The van der Waals surface area contributed by atoms with Gasteiger partial charge in [0.15, 0.2) is 0 Å². The molecule has 1 heterocycles. The lowest BCUT2D eigenvalue weighted by Gasteiger charge is -2.31. The molecule has 5 nitrogen and oxygen atoms in total. The maximum absolute atomic E-state index is 12.3. The van der Waals surface area contributed by atoms with Crippen LogP contribution in [0.15, 0.2) is 18.2 Å². The van der Waals surface area contributed by atoms with E-state index in [4.69, 9.17) is 4.74 Å². The first-order valence-electron chi connectivity index (χ1n) is 8.26. The predicted octanol–water partition coefficient (Wildman–Crippen LogP) is 2.52. The number of nitrogens with one attached hydrogen (secondary N) is 1. The van der Waals surface area contributed by atoms with E-state index in [1.807, 2.05) is 24.0 Å². The van der Waals surface area contributed by atoms with Crippen LogP contribution in [-0.4, -0.2) is 43.0 Å². The fourth-order valence-electron chi connectivity index (χ4n) is 2.77. The molecule has 1 aromatic rings. The summed E-state index contributed by atoms with van der Waals surface area (Å²) in [5.41, 5.74) is 3.41. The van der Waals surface area contributed by atoms with Gasteiger partial charge in [0, 0.05) is 18.8 Å². The fourth-order valence-corrected chi connectivity index (χ4v) is 2.77. The number of carbonyl (C=O) groups excluding carboxylic acids is 2. The van der Waals surface area contributed by atoms with Gasteiger partial charge in [0.1, 0.15) is 0 Å². The van der Waals surface area contributed by atoms with Crippen LogP contribution in [0.25, 0.3) is 0 Å². The average Bonchev–Trinajstić information content (AvgIpc) is 2.56. The van der Waals surface area contributed by atoms with Crippen LogP contribution >= 0.6 is 0 Å². The highest BCUT2D eigenvalue weighted by molar-refractivity contribution is 5.81. The van der Waals surface area contributed by atoms with E-state index in [0.717, 1.165) is 5.69 Å². The van der Waals surface area contributed by atoms with Crippen LogP contribution in [0.2, 0.25) is 0 Å². The number of ether oxygens (including phenoxy) is 1. The van der Waals surface area contributed by atoms with E-state index in [1.54, 1.807) is 0 Å². The molecule has 0 saturated carbocycles. The lowest BCUT2D eigenvalue weighted by molar-refractivity contribution is -0.151. The largest absolute Gasteiger partial charge is 0.466 e. The number of hydrogen-bond donors (Lipinski definition) is 1. The molecule has 0 radical (unpaired) electrons. The van der Waals surface area contributed by atoms with Gasteiger partial charge in [-0.05, 0) is 56.9 Å². The number of hydrogen-bond acceptors (Lipinski definition) is 4. The van der Waals surface area contributed by atoms with Gasteiger partial charge in [-0.25, -0.2) is 0 Å². The van der Waals surface area contributed by atoms with Gasteiger partial charge < -0.3 is 15.0 Å². The molecule has 1 fully saturated rings. The Bertz CT molecular complexity index is 563. The number of esters is 1. The standard InChI is InChI=1S/C18H26N2O3/c1-4-23-18(22)15-7-9-20(10-8-15)17(21)12-19-16-6-5-13(2)14(3)11-16/h5-6,11,15,19H,4,7-10,12H2,1-3H3. The summed E-state index contributed by atoms with van der Waals surface area (Å²) in [6.45, 7) is 7.88. The summed E-state index contributed by atoms with van der Waals surface area (Å²) in [6, 6.07) is 6.09. The van der Waals surface area contributed by atoms with Crippen LogP contribution in [0.4, 0.5) is 5.69 Å². The molecule has 2 rings (SSSR count). The van der Waals surface area contributed by atoms with Gasteiger partial charge in [-0.2, -0.15) is 0 Å². The van der Waals surface area contributed by atoms with Crippen LogP contribution in [0.3, 0.4) is 0 Å². The smallest absolute Gasteiger partial charge is 0.309 e. The minimum absolute atomic E-state index is 0.0632. The second-order valence-corrected chi connectivity index (χ2v) is 6.06. The van der Waals surface area contributed by atoms with E-state index < -0.39 is 0 Å². The minimum atomic E-state index is -0.132. The number of anilines is 1. The molecule has 1 saturated heterocycles. The maximum atomic E-state index is 12.3. The van der Waals surface area contributed by atoms with Crippen LogP contribution in [0, 0.1) is 19.8 Å². The van der Waals surface area contributed by atoms with Crippen molar-refractivity contribution in [2.24, 2.45) is 5.92 Å². The molecule has 1 N–H and O–H groups in total. The summed E-state index contributed by atoms with van der Waals surface area (Å²) in [4.78, 5) is 25.8. The Hall–Kier alpha value is -2.04. The third-order valence-electron chi connectivity index (χ3n) is 4.42. The van der Waals surface area contributed by atoms with Gasteiger partial charge in [-0.3, -0.25) is 9.59 Å². The number of carbonyl (C=O) groups is 2. The zero-order valence-electron chi connectivity index (χ0n) is 14.2. The highest BCUT2D eigenvalue weighted by atomic mass is 16.5. The Labute approximate surface area is 138 Å². The third kappa shape index (κ3) is 4.71. The molecule has 126 valence electrons. The van der Waals surface area contributed by atoms with Gasteiger partial charge in [0.2, 0.25) is 5.91 Å². The van der Waals surface area contributed by atoms with Crippen molar-refractivity contribution in [2.45, 2.75) is 33.6 Å². The van der Waals surface area contributed by atoms with Crippen molar-refractivity contribution in [1.29, 1.82) is 0 Å². The van der Waals surface area contributed by atoms with Crippen molar-refractivity contribution in [2.75, 3.05) is 31.6 Å². The maximum Gasteiger partial charge on any atom is 0.309 e. The van der Waals surface area contributed by atoms with Crippen LogP contribution < -0.4 is 5.32 Å². The Morgan fingerprint density at radius 3 is 2.52 bits per heavy atom. The molecule has 1 aromatic carbocycles. The molecular weight excluding hydrogens is 292 g/mol. The molecule has 5 heteroatoms. The summed E-state index contributed by atoms with van der Waals surface area (Å²) >= 11 is 0. The van der Waals surface area contributed by atoms with Crippen LogP contribution in [0.1, 0.15) is 30.9 Å². The van der Waals surface area contributed by atoms with Crippen LogP contribution in [0.5, 0.6) is 0 Å². The van der Waals surface area contributed by atoms with E-state index in [2.05, 4.69) is 25.2 Å². The lowest BCUT2D eigenvalue weighted by Crippen LogP contribution is -2.43. The minimum Gasteiger partial charge on any atom is -0.466 e. The normalized spacial score (nSPS) is 15.3. The van der Waals surface area contributed by atoms with Gasteiger partial charge in [-0.1, -0.05) is 6.07 Å².